The van der Waals surface area contributed by atoms with E-state index in [1.807, 2.05) is 24.3 Å². The van der Waals surface area contributed by atoms with E-state index in [2.05, 4.69) is 15.6 Å². The molecule has 1 aliphatic heterocycles. The zero-order valence-electron chi connectivity index (χ0n) is 23.5. The molecule has 4 atom stereocenters. The number of phenolic OH excluding ortho intramolecular Hbond substituents is 1. The van der Waals surface area contributed by atoms with Gasteiger partial charge in [-0.25, -0.2) is 4.79 Å². The molecule has 13 heteroatoms. The Morgan fingerprint density at radius 1 is 0.977 bits per heavy atom. The number of aromatic hydroxyl groups is 1. The van der Waals surface area contributed by atoms with E-state index in [9.17, 15) is 34.2 Å². The summed E-state index contributed by atoms with van der Waals surface area (Å²) in [6.45, 7) is 0.195. The summed E-state index contributed by atoms with van der Waals surface area (Å²) in [5, 5.41) is 25.3. The van der Waals surface area contributed by atoms with Crippen molar-refractivity contribution in [3.8, 4) is 5.75 Å². The lowest BCUT2D eigenvalue weighted by atomic mass is 10.0. The number of primary amides is 1. The summed E-state index contributed by atoms with van der Waals surface area (Å²) >= 11 is 0. The van der Waals surface area contributed by atoms with Gasteiger partial charge in [0.15, 0.2) is 0 Å². The number of rotatable bonds is 13. The van der Waals surface area contributed by atoms with E-state index in [1.54, 1.807) is 18.3 Å². The van der Waals surface area contributed by atoms with E-state index in [4.69, 9.17) is 11.5 Å². The Morgan fingerprint density at radius 3 is 2.37 bits per heavy atom. The van der Waals surface area contributed by atoms with Crippen molar-refractivity contribution in [3.05, 3.63) is 65.9 Å². The first kappa shape index (κ1) is 31.0. The fourth-order valence-corrected chi connectivity index (χ4v) is 5.29. The minimum absolute atomic E-state index is 0.0473. The lowest BCUT2D eigenvalue weighted by Gasteiger charge is -2.29. The number of hydrogen-bond acceptors (Lipinski definition) is 7. The van der Waals surface area contributed by atoms with Crippen molar-refractivity contribution in [2.75, 3.05) is 6.54 Å². The molecule has 43 heavy (non-hydrogen) atoms. The van der Waals surface area contributed by atoms with Gasteiger partial charge >= 0.3 is 5.97 Å². The van der Waals surface area contributed by atoms with Gasteiger partial charge in [-0.05, 0) is 55.0 Å². The molecule has 2 aromatic carbocycles. The Labute approximate surface area is 247 Å². The Kier molecular flexibility index (Phi) is 9.99. The number of fused-ring (bicyclic) bond motifs is 1. The maximum absolute atomic E-state index is 13.7. The number of carboxylic acids is 1. The molecule has 228 valence electrons. The van der Waals surface area contributed by atoms with E-state index >= 15 is 0 Å². The smallest absolute Gasteiger partial charge is 0.326 e. The van der Waals surface area contributed by atoms with Gasteiger partial charge < -0.3 is 42.2 Å². The van der Waals surface area contributed by atoms with Crippen LogP contribution in [0.5, 0.6) is 5.75 Å². The molecule has 0 spiro atoms. The maximum Gasteiger partial charge on any atom is 0.326 e. The fourth-order valence-electron chi connectivity index (χ4n) is 5.29. The lowest BCUT2D eigenvalue weighted by Crippen LogP contribution is -2.58. The minimum atomic E-state index is -1.24. The fraction of sp³-hybridized carbons (Fsp3) is 0.367. The quantitative estimate of drug-likeness (QED) is 0.146. The summed E-state index contributed by atoms with van der Waals surface area (Å²) in [5.41, 5.74) is 13.8. The molecular weight excluding hydrogens is 556 g/mol. The van der Waals surface area contributed by atoms with E-state index in [-0.39, 0.29) is 44.4 Å². The summed E-state index contributed by atoms with van der Waals surface area (Å²) in [4.78, 5) is 68.0. The zero-order valence-corrected chi connectivity index (χ0v) is 23.5. The Hall–Kier alpha value is -4.91. The number of H-pyrrole nitrogens is 1. The molecule has 0 saturated carbocycles. The van der Waals surface area contributed by atoms with Crippen LogP contribution in [-0.4, -0.2) is 80.4 Å². The van der Waals surface area contributed by atoms with Gasteiger partial charge in [-0.3, -0.25) is 19.2 Å². The van der Waals surface area contributed by atoms with Gasteiger partial charge in [-0.1, -0.05) is 30.3 Å². The Bertz CT molecular complexity index is 1490. The van der Waals surface area contributed by atoms with Gasteiger partial charge in [0.1, 0.15) is 23.9 Å². The highest BCUT2D eigenvalue weighted by atomic mass is 16.4. The van der Waals surface area contributed by atoms with Crippen molar-refractivity contribution in [3.63, 3.8) is 0 Å². The highest BCUT2D eigenvalue weighted by molar-refractivity contribution is 5.95. The first-order valence-corrected chi connectivity index (χ1v) is 14.0. The van der Waals surface area contributed by atoms with E-state index in [0.29, 0.717) is 12.0 Å². The van der Waals surface area contributed by atoms with Crippen molar-refractivity contribution in [2.24, 2.45) is 11.5 Å². The predicted octanol–water partition coefficient (Wildman–Crippen LogP) is 0.297. The van der Waals surface area contributed by atoms with E-state index in [0.717, 1.165) is 16.5 Å². The van der Waals surface area contributed by atoms with Crippen LogP contribution < -0.4 is 22.1 Å². The Balaban J connectivity index is 1.56. The van der Waals surface area contributed by atoms with Crippen LogP contribution in [0.2, 0.25) is 0 Å². The van der Waals surface area contributed by atoms with Gasteiger partial charge in [-0.2, -0.15) is 0 Å². The summed E-state index contributed by atoms with van der Waals surface area (Å²) in [6, 6.07) is 9.17. The largest absolute Gasteiger partial charge is 0.508 e. The number of aromatic amines is 1. The molecule has 1 aliphatic rings. The SMILES string of the molecule is NC(=O)CCC(NC(=O)C(Cc1c[nH]c2ccccc12)NC(=O)C(N)Cc1ccc(O)cc1)C(=O)N1CCCC1C(=O)O. The molecule has 1 fully saturated rings. The molecular formula is C30H36N6O7. The van der Waals surface area contributed by atoms with Crippen molar-refractivity contribution < 1.29 is 34.2 Å². The van der Waals surface area contributed by atoms with Gasteiger partial charge in [0.25, 0.3) is 0 Å². The van der Waals surface area contributed by atoms with Crippen LogP contribution in [0.15, 0.2) is 54.7 Å². The number of likely N-dealkylation sites (tertiary alicyclic amines) is 1. The number of carboxylic acid groups (broad SMARTS) is 1. The summed E-state index contributed by atoms with van der Waals surface area (Å²) in [5.74, 6) is -3.73. The van der Waals surface area contributed by atoms with Crippen LogP contribution in [0.25, 0.3) is 10.9 Å². The number of amides is 4. The second-order valence-corrected chi connectivity index (χ2v) is 10.7. The first-order chi connectivity index (χ1) is 20.5. The molecule has 1 saturated heterocycles. The monoisotopic (exact) mass is 592 g/mol. The third-order valence-corrected chi connectivity index (χ3v) is 7.58. The maximum atomic E-state index is 13.7. The van der Waals surface area contributed by atoms with Gasteiger partial charge in [-0.15, -0.1) is 0 Å². The number of nitrogens with one attached hydrogen (secondary N) is 3. The molecule has 4 unspecified atom stereocenters. The molecule has 9 N–H and O–H groups in total. The molecule has 3 aromatic rings. The number of aromatic nitrogens is 1. The van der Waals surface area contributed by atoms with Gasteiger partial charge in [0.05, 0.1) is 6.04 Å². The van der Waals surface area contributed by atoms with Gasteiger partial charge in [0, 0.05) is 36.5 Å². The Morgan fingerprint density at radius 2 is 1.67 bits per heavy atom. The molecule has 0 radical (unpaired) electrons. The number of para-hydroxylation sites is 1. The number of aliphatic carboxylic acids is 1. The van der Waals surface area contributed by atoms with E-state index in [1.165, 1.54) is 17.0 Å². The normalized spacial score (nSPS) is 16.8. The van der Waals surface area contributed by atoms with Crippen LogP contribution in [0.1, 0.15) is 36.8 Å². The third kappa shape index (κ3) is 7.89. The number of carbonyl (C=O) groups excluding carboxylic acids is 4. The number of carbonyl (C=O) groups is 5. The number of hydrogen-bond donors (Lipinski definition) is 7. The number of nitrogens with zero attached hydrogens (tertiary/aromatic N) is 1. The van der Waals surface area contributed by atoms with Crippen molar-refractivity contribution in [2.45, 2.75) is 62.7 Å². The molecule has 1 aromatic heterocycles. The highest BCUT2D eigenvalue weighted by Crippen LogP contribution is 2.21. The number of phenols is 1. The third-order valence-electron chi connectivity index (χ3n) is 7.58. The van der Waals surface area contributed by atoms with Crippen LogP contribution in [0.4, 0.5) is 0 Å². The molecule has 0 aliphatic carbocycles. The van der Waals surface area contributed by atoms with Crippen molar-refractivity contribution >= 4 is 40.5 Å². The van der Waals surface area contributed by atoms with Crippen LogP contribution in [0, 0.1) is 0 Å². The van der Waals surface area contributed by atoms with Crippen molar-refractivity contribution in [1.82, 2.24) is 20.5 Å². The van der Waals surface area contributed by atoms with E-state index < -0.39 is 53.8 Å². The topological polar surface area (TPSA) is 221 Å². The van der Waals surface area contributed by atoms with Gasteiger partial charge in [0.2, 0.25) is 23.6 Å². The van der Waals surface area contributed by atoms with Crippen LogP contribution in [0.3, 0.4) is 0 Å². The molecule has 0 bridgehead atoms. The summed E-state index contributed by atoms with van der Waals surface area (Å²) < 4.78 is 0. The molecule has 13 nitrogen and oxygen atoms in total. The highest BCUT2D eigenvalue weighted by Gasteiger charge is 2.38. The molecule has 2 heterocycles. The number of nitrogens with two attached hydrogens (primary N) is 2. The molecule has 4 amide bonds. The lowest BCUT2D eigenvalue weighted by molar-refractivity contribution is -0.149. The predicted molar refractivity (Wildman–Crippen MR) is 156 cm³/mol. The standard InChI is InChI=1S/C30H36N6O7/c31-21(14-17-7-9-19(37)10-8-17)27(39)35-24(15-18-16-33-22-5-2-1-4-20(18)22)28(40)34-23(11-12-26(32)38)29(41)36-13-3-6-25(36)30(42)43/h1-2,4-5,7-10,16,21,23-25,33,37H,3,6,11-15,31H2,(H2,32,38)(H,34,40)(H,35,39)(H,42,43). The second-order valence-electron chi connectivity index (χ2n) is 10.7. The second kappa shape index (κ2) is 13.8. The van der Waals surface area contributed by atoms with Crippen LogP contribution >= 0.6 is 0 Å². The number of benzene rings is 2. The zero-order chi connectivity index (χ0) is 31.1. The minimum Gasteiger partial charge on any atom is -0.508 e. The molecule has 4 rings (SSSR count). The summed E-state index contributed by atoms with van der Waals surface area (Å²) in [7, 11) is 0. The first-order valence-electron chi connectivity index (χ1n) is 14.0. The summed E-state index contributed by atoms with van der Waals surface area (Å²) in [6.07, 6.45) is 2.30. The average molecular weight is 593 g/mol. The van der Waals surface area contributed by atoms with Crippen LogP contribution in [-0.2, 0) is 36.8 Å². The van der Waals surface area contributed by atoms with Crippen molar-refractivity contribution in [1.29, 1.82) is 0 Å². The average Bonchev–Trinajstić information content (AvgIpc) is 3.63.